The molecule has 2 N–H and O–H groups in total. The van der Waals surface area contributed by atoms with E-state index in [-0.39, 0.29) is 29.7 Å². The molecule has 3 fully saturated rings. The van der Waals surface area contributed by atoms with E-state index in [0.717, 1.165) is 44.1 Å². The lowest BCUT2D eigenvalue weighted by atomic mass is 10.1. The lowest BCUT2D eigenvalue weighted by molar-refractivity contribution is -0.117. The average molecular weight is 418 g/mol. The Bertz CT molecular complexity index is 1000. The van der Waals surface area contributed by atoms with Crippen molar-refractivity contribution in [1.29, 1.82) is 0 Å². The zero-order valence-electron chi connectivity index (χ0n) is 17.5. The smallest absolute Gasteiger partial charge is 0.254 e. The van der Waals surface area contributed by atoms with Gasteiger partial charge in [-0.3, -0.25) is 14.4 Å². The summed E-state index contributed by atoms with van der Waals surface area (Å²) in [6.45, 7) is 0.507. The number of carbonyl (C=O) groups excluding carboxylic acids is 3. The molecule has 0 heterocycles. The van der Waals surface area contributed by atoms with E-state index in [1.165, 1.54) is 0 Å². The van der Waals surface area contributed by atoms with Gasteiger partial charge in [0.05, 0.1) is 0 Å². The molecule has 0 unspecified atom stereocenters. The van der Waals surface area contributed by atoms with Crippen LogP contribution in [-0.2, 0) is 11.3 Å². The Morgan fingerprint density at radius 3 is 2.26 bits per heavy atom. The molecule has 0 atom stereocenters. The van der Waals surface area contributed by atoms with Gasteiger partial charge >= 0.3 is 0 Å². The molecule has 31 heavy (non-hydrogen) atoms. The number of hydrogen-bond donors (Lipinski definition) is 2. The molecule has 0 radical (unpaired) electrons. The molecule has 3 saturated carbocycles. The van der Waals surface area contributed by atoms with Crippen LogP contribution in [0.5, 0.6) is 0 Å². The predicted octanol–water partition coefficient (Wildman–Crippen LogP) is 3.73. The van der Waals surface area contributed by atoms with Crippen molar-refractivity contribution in [3.63, 3.8) is 0 Å². The van der Waals surface area contributed by atoms with Gasteiger partial charge in [-0.1, -0.05) is 18.2 Å². The Morgan fingerprint density at radius 1 is 0.871 bits per heavy atom. The van der Waals surface area contributed by atoms with Gasteiger partial charge in [-0.15, -0.1) is 0 Å². The Morgan fingerprint density at radius 2 is 1.61 bits per heavy atom. The highest BCUT2D eigenvalue weighted by molar-refractivity contribution is 5.98. The predicted molar refractivity (Wildman–Crippen MR) is 118 cm³/mol. The van der Waals surface area contributed by atoms with Gasteiger partial charge in [0, 0.05) is 41.4 Å². The van der Waals surface area contributed by atoms with E-state index < -0.39 is 0 Å². The number of rotatable bonds is 8. The summed E-state index contributed by atoms with van der Waals surface area (Å²) in [5.74, 6) is 0.0981. The van der Waals surface area contributed by atoms with E-state index in [1.807, 2.05) is 41.3 Å². The quantitative estimate of drug-likeness (QED) is 0.687. The van der Waals surface area contributed by atoms with E-state index in [9.17, 15) is 14.4 Å². The summed E-state index contributed by atoms with van der Waals surface area (Å²) in [5.41, 5.74) is 2.91. The Hall–Kier alpha value is -3.15. The normalized spacial score (nSPS) is 17.7. The molecule has 3 aliphatic carbocycles. The van der Waals surface area contributed by atoms with Crippen LogP contribution in [0.15, 0.2) is 48.5 Å². The summed E-state index contributed by atoms with van der Waals surface area (Å²) in [6, 6.07) is 15.3. The fourth-order valence-electron chi connectivity index (χ4n) is 3.69. The zero-order valence-corrected chi connectivity index (χ0v) is 17.5. The minimum Gasteiger partial charge on any atom is -0.349 e. The van der Waals surface area contributed by atoms with Gasteiger partial charge in [0.15, 0.2) is 0 Å². The zero-order chi connectivity index (χ0) is 21.4. The van der Waals surface area contributed by atoms with Crippen LogP contribution in [-0.4, -0.2) is 34.7 Å². The van der Waals surface area contributed by atoms with Crippen molar-refractivity contribution in [2.75, 3.05) is 5.32 Å². The Labute approximate surface area is 182 Å². The standard InChI is InChI=1S/C25H27N3O3/c29-23(26-20-10-11-20)17-6-4-16(5-7-17)15-28(22-12-13-22)25(31)19-2-1-3-21(14-19)27-24(30)18-8-9-18/h1-7,14,18,20,22H,8-13,15H2,(H,26,29)(H,27,30). The molecule has 5 rings (SSSR count). The topological polar surface area (TPSA) is 78.5 Å². The number of nitrogens with one attached hydrogen (secondary N) is 2. The minimum absolute atomic E-state index is 0.0272. The van der Waals surface area contributed by atoms with Crippen LogP contribution in [0.1, 0.15) is 64.8 Å². The first kappa shape index (κ1) is 19.8. The van der Waals surface area contributed by atoms with Crippen LogP contribution in [0.25, 0.3) is 0 Å². The molecule has 0 bridgehead atoms. The summed E-state index contributed by atoms with van der Waals surface area (Å²) in [5, 5.41) is 5.91. The SMILES string of the molecule is O=C(NC1CC1)c1ccc(CN(C(=O)c2cccc(NC(=O)C3CC3)c2)C2CC2)cc1. The molecular weight excluding hydrogens is 390 g/mol. The first-order valence-corrected chi connectivity index (χ1v) is 11.2. The van der Waals surface area contributed by atoms with E-state index >= 15 is 0 Å². The molecule has 2 aromatic carbocycles. The van der Waals surface area contributed by atoms with Crippen molar-refractivity contribution in [1.82, 2.24) is 10.2 Å². The number of benzene rings is 2. The lowest BCUT2D eigenvalue weighted by Gasteiger charge is -2.23. The maximum atomic E-state index is 13.3. The van der Waals surface area contributed by atoms with Gasteiger partial charge in [0.1, 0.15) is 0 Å². The molecule has 3 aliphatic rings. The Balaban J connectivity index is 1.26. The summed E-state index contributed by atoms with van der Waals surface area (Å²) in [6.07, 6.45) is 6.03. The highest BCUT2D eigenvalue weighted by atomic mass is 16.2. The molecule has 6 nitrogen and oxygen atoms in total. The van der Waals surface area contributed by atoms with Gasteiger partial charge in [-0.2, -0.15) is 0 Å². The molecule has 2 aromatic rings. The molecule has 3 amide bonds. The third-order valence-electron chi connectivity index (χ3n) is 6.06. The van der Waals surface area contributed by atoms with Crippen molar-refractivity contribution in [2.24, 2.45) is 5.92 Å². The fourth-order valence-corrected chi connectivity index (χ4v) is 3.69. The second-order valence-corrected chi connectivity index (χ2v) is 8.95. The second kappa shape index (κ2) is 8.17. The maximum absolute atomic E-state index is 13.3. The van der Waals surface area contributed by atoms with Crippen LogP contribution in [0.3, 0.4) is 0 Å². The van der Waals surface area contributed by atoms with Gasteiger partial charge in [0.2, 0.25) is 5.91 Å². The first-order chi connectivity index (χ1) is 15.1. The summed E-state index contributed by atoms with van der Waals surface area (Å²) in [4.78, 5) is 39.4. The van der Waals surface area contributed by atoms with Crippen LogP contribution < -0.4 is 10.6 Å². The number of anilines is 1. The van der Waals surface area contributed by atoms with E-state index in [1.54, 1.807) is 12.1 Å². The van der Waals surface area contributed by atoms with E-state index in [0.29, 0.717) is 29.4 Å². The molecule has 0 spiro atoms. The Kier molecular flexibility index (Phi) is 5.22. The van der Waals surface area contributed by atoms with Crippen molar-refractivity contribution < 1.29 is 14.4 Å². The molecule has 6 heteroatoms. The molecule has 0 saturated heterocycles. The maximum Gasteiger partial charge on any atom is 0.254 e. The third kappa shape index (κ3) is 4.95. The van der Waals surface area contributed by atoms with Gasteiger partial charge in [-0.25, -0.2) is 0 Å². The summed E-state index contributed by atoms with van der Waals surface area (Å²) < 4.78 is 0. The highest BCUT2D eigenvalue weighted by Gasteiger charge is 2.33. The lowest BCUT2D eigenvalue weighted by Crippen LogP contribution is -2.32. The number of carbonyl (C=O) groups is 3. The van der Waals surface area contributed by atoms with Crippen LogP contribution in [0.4, 0.5) is 5.69 Å². The fraction of sp³-hybridized carbons (Fsp3) is 0.400. The van der Waals surface area contributed by atoms with Crippen LogP contribution in [0, 0.1) is 5.92 Å². The number of nitrogens with zero attached hydrogens (tertiary/aromatic N) is 1. The van der Waals surface area contributed by atoms with Gasteiger partial charge < -0.3 is 15.5 Å². The number of amides is 3. The highest BCUT2D eigenvalue weighted by Crippen LogP contribution is 2.32. The van der Waals surface area contributed by atoms with Crippen LogP contribution >= 0.6 is 0 Å². The second-order valence-electron chi connectivity index (χ2n) is 8.95. The molecule has 0 aliphatic heterocycles. The van der Waals surface area contributed by atoms with Gasteiger partial charge in [0.25, 0.3) is 11.8 Å². The molecule has 160 valence electrons. The number of hydrogen-bond acceptors (Lipinski definition) is 3. The van der Waals surface area contributed by atoms with Crippen LogP contribution in [0.2, 0.25) is 0 Å². The van der Waals surface area contributed by atoms with Crippen molar-refractivity contribution in [3.8, 4) is 0 Å². The van der Waals surface area contributed by atoms with Gasteiger partial charge in [-0.05, 0) is 74.4 Å². The van der Waals surface area contributed by atoms with Crippen molar-refractivity contribution in [2.45, 2.75) is 57.2 Å². The average Bonchev–Trinajstić information content (AvgIpc) is 3.64. The van der Waals surface area contributed by atoms with E-state index in [2.05, 4.69) is 10.6 Å². The van der Waals surface area contributed by atoms with E-state index in [4.69, 9.17) is 0 Å². The van der Waals surface area contributed by atoms with Crippen molar-refractivity contribution in [3.05, 3.63) is 65.2 Å². The van der Waals surface area contributed by atoms with Crippen molar-refractivity contribution >= 4 is 23.4 Å². The first-order valence-electron chi connectivity index (χ1n) is 11.2. The monoisotopic (exact) mass is 417 g/mol. The minimum atomic E-state index is -0.0331. The third-order valence-corrected chi connectivity index (χ3v) is 6.06. The summed E-state index contributed by atoms with van der Waals surface area (Å²) >= 11 is 0. The molecular formula is C25H27N3O3. The molecule has 0 aromatic heterocycles. The summed E-state index contributed by atoms with van der Waals surface area (Å²) in [7, 11) is 0. The largest absolute Gasteiger partial charge is 0.349 e.